The number of rotatable bonds is 5. The van der Waals surface area contributed by atoms with Crippen LogP contribution in [-0.4, -0.2) is 75.1 Å². The predicted octanol–water partition coefficient (Wildman–Crippen LogP) is -2.53. The number of aliphatic hydroxyl groups is 4. The molecule has 1 heterocycles. The zero-order valence-corrected chi connectivity index (χ0v) is 11.8. The smallest absolute Gasteiger partial charge is 0.153 e. The minimum absolute atomic E-state index is 0. The lowest BCUT2D eigenvalue weighted by molar-refractivity contribution is -0.229. The van der Waals surface area contributed by atoms with Crippen LogP contribution in [0.1, 0.15) is 6.42 Å². The molecule has 0 aromatic carbocycles. The SMILES string of the molecule is Cl.N[C@@H](CS)C(=O)C[C@@H]1O[C@H](CO)[C@@H](O)[C@H](O)[C@H]1O. The van der Waals surface area contributed by atoms with Crippen molar-refractivity contribution in [3.63, 3.8) is 0 Å². The van der Waals surface area contributed by atoms with Crippen molar-refractivity contribution in [1.82, 2.24) is 0 Å². The Morgan fingerprint density at radius 1 is 1.21 bits per heavy atom. The number of ketones is 1. The van der Waals surface area contributed by atoms with E-state index in [9.17, 15) is 20.1 Å². The normalized spacial score (nSPS) is 36.4. The number of halogens is 1. The number of carbonyl (C=O) groups is 1. The molecule has 0 spiro atoms. The summed E-state index contributed by atoms with van der Waals surface area (Å²) in [5.41, 5.74) is 5.48. The van der Waals surface area contributed by atoms with E-state index in [0.29, 0.717) is 0 Å². The molecule has 9 heteroatoms. The summed E-state index contributed by atoms with van der Waals surface area (Å²) in [5, 5.41) is 37.7. The fourth-order valence-electron chi connectivity index (χ4n) is 1.80. The van der Waals surface area contributed by atoms with Gasteiger partial charge in [-0.05, 0) is 0 Å². The van der Waals surface area contributed by atoms with Crippen molar-refractivity contribution in [1.29, 1.82) is 0 Å². The second kappa shape index (κ2) is 8.38. The number of carbonyl (C=O) groups excluding carboxylic acids is 1. The van der Waals surface area contributed by atoms with Crippen LogP contribution in [0.15, 0.2) is 0 Å². The summed E-state index contributed by atoms with van der Waals surface area (Å²) in [5.74, 6) is -0.203. The lowest BCUT2D eigenvalue weighted by Crippen LogP contribution is -2.59. The summed E-state index contributed by atoms with van der Waals surface area (Å²) in [4.78, 5) is 11.6. The molecular weight excluding hydrogens is 298 g/mol. The molecule has 1 aliphatic heterocycles. The third-order valence-corrected chi connectivity index (χ3v) is 3.40. The van der Waals surface area contributed by atoms with Crippen molar-refractivity contribution in [2.75, 3.05) is 12.4 Å². The van der Waals surface area contributed by atoms with Crippen LogP contribution in [0, 0.1) is 0 Å². The highest BCUT2D eigenvalue weighted by Crippen LogP contribution is 2.23. The molecule has 1 rings (SSSR count). The van der Waals surface area contributed by atoms with Crippen LogP contribution in [0.25, 0.3) is 0 Å². The van der Waals surface area contributed by atoms with E-state index in [0.717, 1.165) is 0 Å². The third kappa shape index (κ3) is 4.54. The molecule has 6 N–H and O–H groups in total. The largest absolute Gasteiger partial charge is 0.394 e. The second-order valence-electron chi connectivity index (χ2n) is 4.33. The highest BCUT2D eigenvalue weighted by atomic mass is 35.5. The van der Waals surface area contributed by atoms with E-state index in [-0.39, 0.29) is 30.4 Å². The van der Waals surface area contributed by atoms with Crippen LogP contribution in [0.5, 0.6) is 0 Å². The fraction of sp³-hybridized carbons (Fsp3) is 0.900. The number of ether oxygens (including phenoxy) is 1. The van der Waals surface area contributed by atoms with Gasteiger partial charge in [-0.1, -0.05) is 0 Å². The van der Waals surface area contributed by atoms with E-state index < -0.39 is 43.2 Å². The molecule has 0 unspecified atom stereocenters. The average molecular weight is 318 g/mol. The fourth-order valence-corrected chi connectivity index (χ4v) is 2.00. The number of hydrogen-bond acceptors (Lipinski definition) is 8. The summed E-state index contributed by atoms with van der Waals surface area (Å²) in [6.07, 6.45) is -6.51. The molecule has 1 aliphatic rings. The Bertz CT molecular complexity index is 295. The Kier molecular flexibility index (Phi) is 8.41. The summed E-state index contributed by atoms with van der Waals surface area (Å²) in [6, 6.07) is -0.777. The van der Waals surface area contributed by atoms with Gasteiger partial charge in [0.05, 0.1) is 18.8 Å². The Hall–Kier alpha value is 0.0700. The van der Waals surface area contributed by atoms with Gasteiger partial charge in [-0.2, -0.15) is 12.6 Å². The van der Waals surface area contributed by atoms with Gasteiger partial charge in [-0.15, -0.1) is 12.4 Å². The lowest BCUT2D eigenvalue weighted by atomic mass is 9.92. The van der Waals surface area contributed by atoms with Crippen molar-refractivity contribution in [3.8, 4) is 0 Å². The maximum atomic E-state index is 11.6. The Morgan fingerprint density at radius 2 is 1.74 bits per heavy atom. The molecule has 1 fully saturated rings. The zero-order chi connectivity index (χ0) is 13.9. The van der Waals surface area contributed by atoms with Gasteiger partial charge in [0.2, 0.25) is 0 Å². The second-order valence-corrected chi connectivity index (χ2v) is 4.69. The predicted molar refractivity (Wildman–Crippen MR) is 72.5 cm³/mol. The van der Waals surface area contributed by atoms with Gasteiger partial charge in [0.15, 0.2) is 5.78 Å². The van der Waals surface area contributed by atoms with Gasteiger partial charge in [-0.3, -0.25) is 4.79 Å². The van der Waals surface area contributed by atoms with Crippen LogP contribution in [0.4, 0.5) is 0 Å². The maximum absolute atomic E-state index is 11.6. The molecule has 7 nitrogen and oxygen atoms in total. The van der Waals surface area contributed by atoms with Crippen LogP contribution in [0.3, 0.4) is 0 Å². The number of aliphatic hydroxyl groups excluding tert-OH is 4. The lowest BCUT2D eigenvalue weighted by Gasteiger charge is -2.40. The summed E-state index contributed by atoms with van der Waals surface area (Å²) in [6.45, 7) is -0.520. The molecule has 0 bridgehead atoms. The molecular formula is C10H20ClNO6S. The third-order valence-electron chi connectivity index (χ3n) is 3.00. The molecule has 0 saturated carbocycles. The molecule has 0 aliphatic carbocycles. The standard InChI is InChI=1S/C10H19NO6S.ClH/c11-4(3-18)5(13)1-6-8(14)10(16)9(15)7(2-12)17-6;/h4,6-10,12,14-16,18H,1-3,11H2;1H/t4-,6-,7+,8-,9+,10+;/m0./s1. The highest BCUT2D eigenvalue weighted by molar-refractivity contribution is 7.80. The van der Waals surface area contributed by atoms with Crippen LogP contribution in [-0.2, 0) is 9.53 Å². The average Bonchev–Trinajstić information content (AvgIpc) is 2.38. The minimum Gasteiger partial charge on any atom is -0.394 e. The van der Waals surface area contributed by atoms with Gasteiger partial charge in [0.1, 0.15) is 24.4 Å². The van der Waals surface area contributed by atoms with Crippen LogP contribution < -0.4 is 5.73 Å². The quantitative estimate of drug-likeness (QED) is 0.308. The van der Waals surface area contributed by atoms with Crippen molar-refractivity contribution in [2.45, 2.75) is 43.0 Å². The Morgan fingerprint density at radius 3 is 2.21 bits per heavy atom. The van der Waals surface area contributed by atoms with Crippen LogP contribution >= 0.6 is 25.0 Å². The van der Waals surface area contributed by atoms with E-state index in [1.807, 2.05) is 0 Å². The van der Waals surface area contributed by atoms with Crippen molar-refractivity contribution < 1.29 is 30.0 Å². The zero-order valence-electron chi connectivity index (χ0n) is 10.1. The topological polar surface area (TPSA) is 133 Å². The number of Topliss-reactive ketones (excluding diaryl/α,β-unsaturated/α-hetero) is 1. The first kappa shape index (κ1) is 19.1. The molecule has 6 atom stereocenters. The Labute approximate surface area is 122 Å². The first-order valence-electron chi connectivity index (χ1n) is 5.62. The van der Waals surface area contributed by atoms with Gasteiger partial charge >= 0.3 is 0 Å². The molecule has 0 aromatic heterocycles. The van der Waals surface area contributed by atoms with E-state index in [2.05, 4.69) is 12.6 Å². The van der Waals surface area contributed by atoms with Crippen molar-refractivity contribution >= 4 is 30.8 Å². The van der Waals surface area contributed by atoms with Gasteiger partial charge in [0, 0.05) is 12.2 Å². The molecule has 0 amide bonds. The van der Waals surface area contributed by atoms with Gasteiger partial charge in [0.25, 0.3) is 0 Å². The highest BCUT2D eigenvalue weighted by Gasteiger charge is 2.44. The molecule has 19 heavy (non-hydrogen) atoms. The van der Waals surface area contributed by atoms with Crippen molar-refractivity contribution in [3.05, 3.63) is 0 Å². The first-order chi connectivity index (χ1) is 8.42. The summed E-state index contributed by atoms with van der Waals surface area (Å²) in [7, 11) is 0. The number of nitrogens with two attached hydrogens (primary N) is 1. The summed E-state index contributed by atoms with van der Waals surface area (Å²) < 4.78 is 5.18. The molecule has 0 aromatic rings. The number of hydrogen-bond donors (Lipinski definition) is 6. The summed E-state index contributed by atoms with van der Waals surface area (Å²) >= 11 is 3.88. The van der Waals surface area contributed by atoms with E-state index in [1.54, 1.807) is 0 Å². The molecule has 114 valence electrons. The maximum Gasteiger partial charge on any atom is 0.153 e. The number of thiol groups is 1. The molecule has 1 saturated heterocycles. The van der Waals surface area contributed by atoms with Gasteiger partial charge in [-0.25, -0.2) is 0 Å². The monoisotopic (exact) mass is 317 g/mol. The Balaban J connectivity index is 0.00000324. The first-order valence-corrected chi connectivity index (χ1v) is 6.25. The van der Waals surface area contributed by atoms with E-state index >= 15 is 0 Å². The van der Waals surface area contributed by atoms with E-state index in [4.69, 9.17) is 15.6 Å². The van der Waals surface area contributed by atoms with Gasteiger partial charge < -0.3 is 30.9 Å². The minimum atomic E-state index is -1.47. The van der Waals surface area contributed by atoms with E-state index in [1.165, 1.54) is 0 Å². The van der Waals surface area contributed by atoms with Crippen molar-refractivity contribution in [2.24, 2.45) is 5.73 Å². The molecule has 0 radical (unpaired) electrons. The van der Waals surface area contributed by atoms with Crippen LogP contribution in [0.2, 0.25) is 0 Å².